The molecule has 0 saturated carbocycles. The molecule has 2 aromatic carbocycles. The Labute approximate surface area is 146 Å². The minimum Gasteiger partial charge on any atom is -0.508 e. The lowest BCUT2D eigenvalue weighted by Crippen LogP contribution is -2.15. The number of carbonyl (C=O) groups is 1. The quantitative estimate of drug-likeness (QED) is 0.680. The number of tetrazole rings is 1. The Morgan fingerprint density at radius 1 is 1.28 bits per heavy atom. The Morgan fingerprint density at radius 3 is 2.80 bits per heavy atom. The van der Waals surface area contributed by atoms with Gasteiger partial charge in [-0.2, -0.15) is 4.68 Å². The molecule has 1 aromatic heterocycles. The standard InChI is InChI=1S/C16H14FN5O2S/c1-10-2-3-11(17)8-14(10)18-15(24)9-25-16-19-20-21-22(16)12-4-6-13(23)7-5-12/h2-8,23H,9H2,1H3,(H,18,24). The number of rotatable bonds is 5. The number of aromatic nitrogens is 4. The van der Waals surface area contributed by atoms with E-state index < -0.39 is 5.82 Å². The molecule has 1 amide bonds. The van der Waals surface area contributed by atoms with Gasteiger partial charge in [0, 0.05) is 5.69 Å². The molecular weight excluding hydrogens is 345 g/mol. The van der Waals surface area contributed by atoms with Crippen LogP contribution in [-0.2, 0) is 4.79 Å². The van der Waals surface area contributed by atoms with E-state index in [0.29, 0.717) is 16.5 Å². The fourth-order valence-corrected chi connectivity index (χ4v) is 2.76. The van der Waals surface area contributed by atoms with Gasteiger partial charge in [0.2, 0.25) is 11.1 Å². The van der Waals surface area contributed by atoms with Crippen LogP contribution in [0.4, 0.5) is 10.1 Å². The summed E-state index contributed by atoms with van der Waals surface area (Å²) in [4.78, 5) is 12.1. The van der Waals surface area contributed by atoms with Gasteiger partial charge in [-0.1, -0.05) is 17.8 Å². The maximum atomic E-state index is 13.3. The van der Waals surface area contributed by atoms with Crippen molar-refractivity contribution in [3.8, 4) is 11.4 Å². The molecule has 0 atom stereocenters. The number of anilines is 1. The second-order valence-electron chi connectivity index (χ2n) is 5.19. The van der Waals surface area contributed by atoms with E-state index in [2.05, 4.69) is 20.8 Å². The highest BCUT2D eigenvalue weighted by Crippen LogP contribution is 2.21. The zero-order valence-corrected chi connectivity index (χ0v) is 14.0. The zero-order chi connectivity index (χ0) is 17.8. The molecule has 0 aliphatic carbocycles. The molecule has 0 fully saturated rings. The Balaban J connectivity index is 1.66. The summed E-state index contributed by atoms with van der Waals surface area (Å²) < 4.78 is 14.7. The van der Waals surface area contributed by atoms with Crippen molar-refractivity contribution in [1.29, 1.82) is 0 Å². The van der Waals surface area contributed by atoms with Crippen molar-refractivity contribution in [3.63, 3.8) is 0 Å². The minimum atomic E-state index is -0.412. The van der Waals surface area contributed by atoms with Crippen LogP contribution in [-0.4, -0.2) is 37.0 Å². The van der Waals surface area contributed by atoms with Crippen LogP contribution in [0.25, 0.3) is 5.69 Å². The van der Waals surface area contributed by atoms with Crippen LogP contribution in [0.15, 0.2) is 47.6 Å². The van der Waals surface area contributed by atoms with Crippen LogP contribution < -0.4 is 5.32 Å². The molecule has 0 saturated heterocycles. The van der Waals surface area contributed by atoms with Crippen molar-refractivity contribution in [2.45, 2.75) is 12.1 Å². The van der Waals surface area contributed by atoms with Crippen molar-refractivity contribution >= 4 is 23.4 Å². The molecule has 0 unspecified atom stereocenters. The smallest absolute Gasteiger partial charge is 0.234 e. The maximum absolute atomic E-state index is 13.3. The minimum absolute atomic E-state index is 0.0639. The summed E-state index contributed by atoms with van der Waals surface area (Å²) >= 11 is 1.15. The predicted molar refractivity (Wildman–Crippen MR) is 91.3 cm³/mol. The van der Waals surface area contributed by atoms with Crippen LogP contribution in [0.3, 0.4) is 0 Å². The van der Waals surface area contributed by atoms with Gasteiger partial charge in [-0.05, 0) is 59.3 Å². The SMILES string of the molecule is Cc1ccc(F)cc1NC(=O)CSc1nnnn1-c1ccc(O)cc1. The van der Waals surface area contributed by atoms with Gasteiger partial charge in [-0.15, -0.1) is 5.10 Å². The summed E-state index contributed by atoms with van der Waals surface area (Å²) in [6.45, 7) is 1.79. The number of aromatic hydroxyl groups is 1. The highest BCUT2D eigenvalue weighted by Gasteiger charge is 2.12. The van der Waals surface area contributed by atoms with Gasteiger partial charge in [-0.25, -0.2) is 4.39 Å². The van der Waals surface area contributed by atoms with Gasteiger partial charge in [0.1, 0.15) is 11.6 Å². The molecule has 7 nitrogen and oxygen atoms in total. The molecule has 2 N–H and O–H groups in total. The zero-order valence-electron chi connectivity index (χ0n) is 13.2. The third-order valence-electron chi connectivity index (χ3n) is 3.34. The highest BCUT2D eigenvalue weighted by atomic mass is 32.2. The highest BCUT2D eigenvalue weighted by molar-refractivity contribution is 7.99. The number of halogens is 1. The van der Waals surface area contributed by atoms with Crippen LogP contribution in [0, 0.1) is 12.7 Å². The summed E-state index contributed by atoms with van der Waals surface area (Å²) in [6, 6.07) is 10.6. The first-order chi connectivity index (χ1) is 12.0. The number of nitrogens with zero attached hydrogens (tertiary/aromatic N) is 4. The second kappa shape index (κ2) is 7.31. The van der Waals surface area contributed by atoms with Gasteiger partial charge >= 0.3 is 0 Å². The molecule has 3 rings (SSSR count). The monoisotopic (exact) mass is 359 g/mol. The molecule has 25 heavy (non-hydrogen) atoms. The first-order valence-corrected chi connectivity index (χ1v) is 8.28. The number of thioether (sulfide) groups is 1. The van der Waals surface area contributed by atoms with Crippen LogP contribution in [0.5, 0.6) is 5.75 Å². The first kappa shape index (κ1) is 16.9. The van der Waals surface area contributed by atoms with Crippen molar-refractivity contribution < 1.29 is 14.3 Å². The lowest BCUT2D eigenvalue weighted by Gasteiger charge is -2.08. The van der Waals surface area contributed by atoms with Crippen molar-refractivity contribution in [2.24, 2.45) is 0 Å². The van der Waals surface area contributed by atoms with Crippen molar-refractivity contribution in [3.05, 3.63) is 53.8 Å². The van der Waals surface area contributed by atoms with Gasteiger partial charge in [0.05, 0.1) is 11.4 Å². The number of nitrogens with one attached hydrogen (secondary N) is 1. The Morgan fingerprint density at radius 2 is 2.04 bits per heavy atom. The third kappa shape index (κ3) is 4.13. The van der Waals surface area contributed by atoms with Crippen molar-refractivity contribution in [1.82, 2.24) is 20.2 Å². The Bertz CT molecular complexity index is 898. The molecule has 1 heterocycles. The molecule has 3 aromatic rings. The van der Waals surface area contributed by atoms with Crippen LogP contribution >= 0.6 is 11.8 Å². The maximum Gasteiger partial charge on any atom is 0.234 e. The van der Waals surface area contributed by atoms with E-state index in [-0.39, 0.29) is 17.4 Å². The van der Waals surface area contributed by atoms with E-state index in [0.717, 1.165) is 17.3 Å². The number of carbonyl (C=O) groups excluding carboxylic acids is 1. The molecule has 128 valence electrons. The lowest BCUT2D eigenvalue weighted by atomic mass is 10.2. The number of amides is 1. The first-order valence-electron chi connectivity index (χ1n) is 7.29. The number of benzene rings is 2. The van der Waals surface area contributed by atoms with Crippen LogP contribution in [0.1, 0.15) is 5.56 Å². The fraction of sp³-hybridized carbons (Fsp3) is 0.125. The number of phenolic OH excluding ortho intramolecular Hbond substituents is 1. The predicted octanol–water partition coefficient (Wildman–Crippen LogP) is 2.55. The topological polar surface area (TPSA) is 92.9 Å². The normalized spacial score (nSPS) is 10.6. The Hall–Kier alpha value is -2.94. The Kier molecular flexibility index (Phi) is 4.94. The van der Waals surface area contributed by atoms with Gasteiger partial charge in [-0.3, -0.25) is 4.79 Å². The van der Waals surface area contributed by atoms with Gasteiger partial charge in [0.15, 0.2) is 0 Å². The lowest BCUT2D eigenvalue weighted by molar-refractivity contribution is -0.113. The molecule has 9 heteroatoms. The molecule has 0 radical (unpaired) electrons. The van der Waals surface area contributed by atoms with E-state index in [9.17, 15) is 14.3 Å². The van der Waals surface area contributed by atoms with Gasteiger partial charge < -0.3 is 10.4 Å². The number of hydrogen-bond donors (Lipinski definition) is 2. The van der Waals surface area contributed by atoms with Crippen LogP contribution in [0.2, 0.25) is 0 Å². The van der Waals surface area contributed by atoms with E-state index in [1.54, 1.807) is 25.1 Å². The number of phenols is 1. The second-order valence-corrected chi connectivity index (χ2v) is 6.13. The fourth-order valence-electron chi connectivity index (χ4n) is 2.07. The van der Waals surface area contributed by atoms with Gasteiger partial charge in [0.25, 0.3) is 0 Å². The average molecular weight is 359 g/mol. The molecule has 0 bridgehead atoms. The molecule has 0 spiro atoms. The largest absolute Gasteiger partial charge is 0.508 e. The van der Waals surface area contributed by atoms with E-state index in [4.69, 9.17) is 0 Å². The molecule has 0 aliphatic rings. The molecular formula is C16H14FN5O2S. The molecule has 0 aliphatic heterocycles. The van der Waals surface area contributed by atoms with E-state index >= 15 is 0 Å². The third-order valence-corrected chi connectivity index (χ3v) is 4.26. The van der Waals surface area contributed by atoms with E-state index in [1.165, 1.54) is 28.9 Å². The summed E-state index contributed by atoms with van der Waals surface area (Å²) in [5.41, 5.74) is 1.86. The number of hydrogen-bond acceptors (Lipinski definition) is 6. The summed E-state index contributed by atoms with van der Waals surface area (Å²) in [6.07, 6.45) is 0. The summed E-state index contributed by atoms with van der Waals surface area (Å²) in [5.74, 6) is -0.506. The summed E-state index contributed by atoms with van der Waals surface area (Å²) in [5, 5.41) is 23.8. The van der Waals surface area contributed by atoms with Crippen molar-refractivity contribution in [2.75, 3.05) is 11.1 Å². The van der Waals surface area contributed by atoms with E-state index in [1.807, 2.05) is 0 Å². The number of aryl methyl sites for hydroxylation is 1. The summed E-state index contributed by atoms with van der Waals surface area (Å²) in [7, 11) is 0. The average Bonchev–Trinajstić information content (AvgIpc) is 3.05.